The SMILES string of the molecule is CC1=C(N2CC[C@@]3(CCNCC3F)C2=O)COC1=O.CC1=C(N2CC[C@]3(CCNCC3F)C2=O)COC1=O. The van der Waals surface area contributed by atoms with Crippen molar-refractivity contribution in [2.24, 2.45) is 10.8 Å². The van der Waals surface area contributed by atoms with Gasteiger partial charge in [0.1, 0.15) is 25.6 Å². The molecule has 10 nitrogen and oxygen atoms in total. The monoisotopic (exact) mass is 536 g/mol. The van der Waals surface area contributed by atoms with E-state index in [9.17, 15) is 28.0 Å². The van der Waals surface area contributed by atoms with E-state index in [1.165, 1.54) is 0 Å². The number of piperidine rings is 2. The second kappa shape index (κ2) is 10.0. The lowest BCUT2D eigenvalue weighted by Crippen LogP contribution is -2.51. The lowest BCUT2D eigenvalue weighted by molar-refractivity contribution is -0.140. The first kappa shape index (κ1) is 26.7. The van der Waals surface area contributed by atoms with Crippen LogP contribution in [-0.4, -0.2) is 98.4 Å². The van der Waals surface area contributed by atoms with Crippen molar-refractivity contribution in [1.29, 1.82) is 0 Å². The molecule has 208 valence electrons. The number of halogens is 2. The summed E-state index contributed by atoms with van der Waals surface area (Å²) in [4.78, 5) is 51.0. The van der Waals surface area contributed by atoms with Crippen molar-refractivity contribution < 1.29 is 37.4 Å². The topological polar surface area (TPSA) is 117 Å². The molecule has 12 heteroatoms. The number of carbonyl (C=O) groups is 4. The predicted molar refractivity (Wildman–Crippen MR) is 130 cm³/mol. The van der Waals surface area contributed by atoms with Crippen molar-refractivity contribution in [3.8, 4) is 0 Å². The minimum absolute atomic E-state index is 0.127. The number of rotatable bonds is 2. The molecule has 0 aromatic carbocycles. The smallest absolute Gasteiger partial charge is 0.336 e. The highest BCUT2D eigenvalue weighted by Crippen LogP contribution is 2.45. The number of likely N-dealkylation sites (tertiary alicyclic amines) is 2. The van der Waals surface area contributed by atoms with E-state index in [4.69, 9.17) is 9.47 Å². The summed E-state index contributed by atoms with van der Waals surface area (Å²) in [6.45, 7) is 6.28. The average molecular weight is 537 g/mol. The minimum atomic E-state index is -1.15. The highest BCUT2D eigenvalue weighted by atomic mass is 19.1. The van der Waals surface area contributed by atoms with Gasteiger partial charge in [0.2, 0.25) is 11.8 Å². The first-order valence-corrected chi connectivity index (χ1v) is 13.2. The summed E-state index contributed by atoms with van der Waals surface area (Å²) in [5.74, 6) is -1.14. The number of esters is 2. The third-order valence-corrected chi connectivity index (χ3v) is 9.06. The van der Waals surface area contributed by atoms with E-state index in [-0.39, 0.29) is 50.1 Å². The molecule has 4 fully saturated rings. The van der Waals surface area contributed by atoms with E-state index in [0.717, 1.165) is 0 Å². The van der Waals surface area contributed by atoms with E-state index in [0.29, 0.717) is 74.4 Å². The molecule has 0 aromatic rings. The van der Waals surface area contributed by atoms with Gasteiger partial charge in [0.15, 0.2) is 0 Å². The number of hydrogen-bond donors (Lipinski definition) is 2. The van der Waals surface area contributed by atoms with Crippen molar-refractivity contribution >= 4 is 23.8 Å². The van der Waals surface area contributed by atoms with Crippen LogP contribution in [0.1, 0.15) is 39.5 Å². The van der Waals surface area contributed by atoms with Crippen molar-refractivity contribution in [3.05, 3.63) is 22.5 Å². The number of amides is 2. The normalized spacial score (nSPS) is 35.5. The molecule has 2 spiro atoms. The van der Waals surface area contributed by atoms with Crippen molar-refractivity contribution in [2.75, 3.05) is 52.5 Å². The molecule has 0 bridgehead atoms. The largest absolute Gasteiger partial charge is 0.456 e. The molecule has 0 radical (unpaired) electrons. The molecule has 0 aromatic heterocycles. The van der Waals surface area contributed by atoms with Gasteiger partial charge in [-0.2, -0.15) is 0 Å². The van der Waals surface area contributed by atoms with E-state index in [1.807, 2.05) is 0 Å². The van der Waals surface area contributed by atoms with E-state index < -0.39 is 23.2 Å². The van der Waals surface area contributed by atoms with Crippen LogP contribution in [0.15, 0.2) is 22.5 Å². The Morgan fingerprint density at radius 3 is 1.42 bits per heavy atom. The lowest BCUT2D eigenvalue weighted by atomic mass is 9.76. The Balaban J connectivity index is 0.000000155. The second-order valence-electron chi connectivity index (χ2n) is 10.9. The molecule has 2 N–H and O–H groups in total. The maximum absolute atomic E-state index is 14.2. The fourth-order valence-corrected chi connectivity index (χ4v) is 6.42. The molecule has 2 amide bonds. The summed E-state index contributed by atoms with van der Waals surface area (Å²) in [5.41, 5.74) is 0.355. The van der Waals surface area contributed by atoms with Crippen LogP contribution < -0.4 is 10.6 Å². The van der Waals surface area contributed by atoms with Crippen LogP contribution >= 0.6 is 0 Å². The number of carbonyl (C=O) groups excluding carboxylic acids is 4. The van der Waals surface area contributed by atoms with Crippen molar-refractivity contribution in [1.82, 2.24) is 20.4 Å². The Morgan fingerprint density at radius 1 is 0.711 bits per heavy atom. The van der Waals surface area contributed by atoms with Gasteiger partial charge < -0.3 is 29.9 Å². The molecule has 0 aliphatic carbocycles. The first-order chi connectivity index (χ1) is 18.1. The average Bonchev–Trinajstić information content (AvgIpc) is 3.62. The number of cyclic esters (lactones) is 2. The summed E-state index contributed by atoms with van der Waals surface area (Å²) in [7, 11) is 0. The number of nitrogens with zero attached hydrogens (tertiary/aromatic N) is 2. The van der Waals surface area contributed by atoms with Gasteiger partial charge in [-0.1, -0.05) is 0 Å². The summed E-state index contributed by atoms with van der Waals surface area (Å²) < 4.78 is 38.3. The third-order valence-electron chi connectivity index (χ3n) is 9.06. The Labute approximate surface area is 219 Å². The molecule has 4 saturated heterocycles. The minimum Gasteiger partial charge on any atom is -0.456 e. The van der Waals surface area contributed by atoms with Crippen molar-refractivity contribution in [2.45, 2.75) is 51.9 Å². The van der Waals surface area contributed by atoms with Gasteiger partial charge in [-0.25, -0.2) is 18.4 Å². The van der Waals surface area contributed by atoms with Crippen LogP contribution in [0, 0.1) is 10.8 Å². The van der Waals surface area contributed by atoms with Gasteiger partial charge in [0, 0.05) is 26.2 Å². The zero-order valence-electron chi connectivity index (χ0n) is 21.7. The van der Waals surface area contributed by atoms with Crippen LogP contribution in [0.3, 0.4) is 0 Å². The molecule has 6 rings (SSSR count). The highest BCUT2D eigenvalue weighted by Gasteiger charge is 2.56. The molecular weight excluding hydrogens is 502 g/mol. The fraction of sp³-hybridized carbons (Fsp3) is 0.692. The maximum atomic E-state index is 14.2. The molecule has 38 heavy (non-hydrogen) atoms. The molecule has 6 heterocycles. The van der Waals surface area contributed by atoms with Gasteiger partial charge in [-0.15, -0.1) is 0 Å². The molecule has 4 atom stereocenters. The van der Waals surface area contributed by atoms with Crippen LogP contribution in [0.4, 0.5) is 8.78 Å². The predicted octanol–water partition coefficient (Wildman–Crippen LogP) is 0.735. The van der Waals surface area contributed by atoms with Gasteiger partial charge >= 0.3 is 11.9 Å². The fourth-order valence-electron chi connectivity index (χ4n) is 6.42. The van der Waals surface area contributed by atoms with E-state index in [2.05, 4.69) is 10.6 Å². The first-order valence-electron chi connectivity index (χ1n) is 13.2. The summed E-state index contributed by atoms with van der Waals surface area (Å²) in [6, 6.07) is 0. The zero-order chi connectivity index (χ0) is 27.2. The second-order valence-corrected chi connectivity index (χ2v) is 10.9. The lowest BCUT2D eigenvalue weighted by Gasteiger charge is -2.35. The number of hydrogen-bond acceptors (Lipinski definition) is 8. The molecule has 0 saturated carbocycles. The molecule has 6 aliphatic heterocycles. The quantitative estimate of drug-likeness (QED) is 0.497. The third kappa shape index (κ3) is 4.12. The Morgan fingerprint density at radius 2 is 1.11 bits per heavy atom. The van der Waals surface area contributed by atoms with Gasteiger partial charge in [-0.3, -0.25) is 9.59 Å². The Kier molecular flexibility index (Phi) is 7.06. The van der Waals surface area contributed by atoms with E-state index >= 15 is 0 Å². The van der Waals surface area contributed by atoms with Gasteiger partial charge in [0.05, 0.1) is 33.4 Å². The van der Waals surface area contributed by atoms with Crippen LogP contribution in [-0.2, 0) is 28.7 Å². The molecule has 6 aliphatic rings. The summed E-state index contributed by atoms with van der Waals surface area (Å²) >= 11 is 0. The van der Waals surface area contributed by atoms with Crippen molar-refractivity contribution in [3.63, 3.8) is 0 Å². The standard InChI is InChI=1S/2C13H17FN2O3/c2*1-8-9(7-19-11(8)17)16-5-3-13(12(16)18)2-4-15-6-10(13)14/h2*10,15H,2-7H2,1H3/t2*10?,13-/m10/s1. The number of ether oxygens (including phenoxy) is 2. The van der Waals surface area contributed by atoms with Crippen LogP contribution in [0.2, 0.25) is 0 Å². The van der Waals surface area contributed by atoms with Crippen LogP contribution in [0.5, 0.6) is 0 Å². The molecule has 2 unspecified atom stereocenters. The van der Waals surface area contributed by atoms with Gasteiger partial charge in [0.25, 0.3) is 0 Å². The van der Waals surface area contributed by atoms with Gasteiger partial charge in [-0.05, 0) is 52.6 Å². The number of nitrogens with one attached hydrogen (secondary N) is 2. The molecular formula is C26H34F2N4O6. The maximum Gasteiger partial charge on any atom is 0.336 e. The Bertz CT molecular complexity index is 1040. The van der Waals surface area contributed by atoms with Crippen LogP contribution in [0.25, 0.3) is 0 Å². The summed E-state index contributed by atoms with van der Waals surface area (Å²) in [5, 5.41) is 5.94. The Hall–Kier alpha value is -2.86. The van der Waals surface area contributed by atoms with E-state index in [1.54, 1.807) is 23.6 Å². The summed E-state index contributed by atoms with van der Waals surface area (Å²) in [6.07, 6.45) is -0.246. The zero-order valence-corrected chi connectivity index (χ0v) is 21.7. The number of alkyl halides is 2. The highest BCUT2D eigenvalue weighted by molar-refractivity contribution is 5.95.